The lowest BCUT2D eigenvalue weighted by atomic mass is 9.94. The normalized spacial score (nSPS) is 22.9. The third kappa shape index (κ3) is 3.42. The molecule has 2 rings (SSSR count). The fraction of sp³-hybridized carbons (Fsp3) is 0.533. The Morgan fingerprint density at radius 2 is 2.10 bits per heavy atom. The highest BCUT2D eigenvalue weighted by molar-refractivity contribution is 5.94. The van der Waals surface area contributed by atoms with Crippen molar-refractivity contribution in [3.63, 3.8) is 0 Å². The molecule has 1 amide bonds. The quantitative estimate of drug-likeness (QED) is 0.585. The zero-order valence-corrected chi connectivity index (χ0v) is 11.8. The molecule has 1 aliphatic carbocycles. The number of carbonyl (C=O) groups is 1. The van der Waals surface area contributed by atoms with Crippen LogP contribution >= 0.6 is 0 Å². The average Bonchev–Trinajstić information content (AvgIpc) is 2.65. The molecule has 0 radical (unpaired) electrons. The van der Waals surface area contributed by atoms with Crippen LogP contribution in [-0.2, 0) is 4.79 Å². The topological polar surface area (TPSA) is 84.6 Å². The van der Waals surface area contributed by atoms with Gasteiger partial charge in [-0.05, 0) is 25.0 Å². The highest BCUT2D eigenvalue weighted by Gasteiger charge is 2.27. The predicted molar refractivity (Wildman–Crippen MR) is 77.8 cm³/mol. The fourth-order valence-electron chi connectivity index (χ4n) is 2.63. The molecule has 0 spiro atoms. The molecule has 0 saturated heterocycles. The number of ether oxygens (including phenoxy) is 1. The Balaban J connectivity index is 2.06. The summed E-state index contributed by atoms with van der Waals surface area (Å²) in [4.78, 5) is 12.3. The first-order valence-corrected chi connectivity index (χ1v) is 7.05. The van der Waals surface area contributed by atoms with E-state index in [0.717, 1.165) is 32.1 Å². The number of hydrogen-bond acceptors (Lipinski definition) is 4. The van der Waals surface area contributed by atoms with Gasteiger partial charge in [0, 0.05) is 12.1 Å². The van der Waals surface area contributed by atoms with Gasteiger partial charge in [-0.1, -0.05) is 19.3 Å². The Morgan fingerprint density at radius 1 is 1.35 bits per heavy atom. The average molecular weight is 278 g/mol. The van der Waals surface area contributed by atoms with E-state index >= 15 is 0 Å². The molecule has 1 aliphatic rings. The highest BCUT2D eigenvalue weighted by Crippen LogP contribution is 2.29. The second-order valence-corrected chi connectivity index (χ2v) is 5.28. The number of methoxy groups -OCH3 is 1. The molecule has 2 atom stereocenters. The molecule has 5 nitrogen and oxygen atoms in total. The maximum absolute atomic E-state index is 12.3. The predicted octanol–water partition coefficient (Wildman–Crippen LogP) is 2.25. The lowest BCUT2D eigenvalue weighted by Crippen LogP contribution is -2.37. The molecule has 2 unspecified atom stereocenters. The standard InChI is InChI=1S/C15H22N2O3/c1-20-10-7-8-13(14(18)9-10)17-15(19)11-5-3-2-4-6-12(11)16/h7-9,11-12,18H,2-6,16H2,1H3,(H,17,19). The van der Waals surface area contributed by atoms with Crippen molar-refractivity contribution in [3.05, 3.63) is 18.2 Å². The molecule has 0 bridgehead atoms. The van der Waals surface area contributed by atoms with E-state index in [1.54, 1.807) is 12.1 Å². The number of benzene rings is 1. The number of nitrogens with one attached hydrogen (secondary N) is 1. The van der Waals surface area contributed by atoms with E-state index in [0.29, 0.717) is 11.4 Å². The van der Waals surface area contributed by atoms with Crippen LogP contribution in [0.5, 0.6) is 11.5 Å². The van der Waals surface area contributed by atoms with Crippen molar-refractivity contribution in [2.75, 3.05) is 12.4 Å². The van der Waals surface area contributed by atoms with Crippen LogP contribution in [0.3, 0.4) is 0 Å². The summed E-state index contributed by atoms with van der Waals surface area (Å²) in [5, 5.41) is 12.6. The van der Waals surface area contributed by atoms with Gasteiger partial charge in [0.05, 0.1) is 18.7 Å². The Kier molecular flexibility index (Phi) is 4.84. The largest absolute Gasteiger partial charge is 0.506 e. The summed E-state index contributed by atoms with van der Waals surface area (Å²) in [5.74, 6) is 0.255. The summed E-state index contributed by atoms with van der Waals surface area (Å²) in [5.41, 5.74) is 6.47. The Bertz CT molecular complexity index is 476. The molecule has 1 saturated carbocycles. The van der Waals surface area contributed by atoms with Crippen molar-refractivity contribution in [2.45, 2.75) is 38.1 Å². The van der Waals surface area contributed by atoms with Gasteiger partial charge in [0.25, 0.3) is 0 Å². The molecule has 1 aromatic carbocycles. The number of rotatable bonds is 3. The number of phenols is 1. The highest BCUT2D eigenvalue weighted by atomic mass is 16.5. The summed E-state index contributed by atoms with van der Waals surface area (Å²) in [6.07, 6.45) is 4.93. The maximum Gasteiger partial charge on any atom is 0.229 e. The van der Waals surface area contributed by atoms with Gasteiger partial charge in [-0.25, -0.2) is 0 Å². The van der Waals surface area contributed by atoms with Crippen molar-refractivity contribution in [3.8, 4) is 11.5 Å². The molecule has 5 heteroatoms. The van der Waals surface area contributed by atoms with E-state index in [2.05, 4.69) is 5.32 Å². The minimum Gasteiger partial charge on any atom is -0.506 e. The first kappa shape index (κ1) is 14.7. The number of nitrogens with two attached hydrogens (primary N) is 1. The van der Waals surface area contributed by atoms with E-state index in [-0.39, 0.29) is 23.6 Å². The van der Waals surface area contributed by atoms with Crippen LogP contribution in [0.25, 0.3) is 0 Å². The smallest absolute Gasteiger partial charge is 0.229 e. The number of anilines is 1. The summed E-state index contributed by atoms with van der Waals surface area (Å²) in [6, 6.07) is 4.71. The number of aromatic hydroxyl groups is 1. The molecular formula is C15H22N2O3. The van der Waals surface area contributed by atoms with Gasteiger partial charge in [-0.2, -0.15) is 0 Å². The number of hydrogen-bond donors (Lipinski definition) is 3. The molecule has 1 fully saturated rings. The van der Waals surface area contributed by atoms with E-state index < -0.39 is 0 Å². The van der Waals surface area contributed by atoms with Crippen molar-refractivity contribution in [1.82, 2.24) is 0 Å². The fourth-order valence-corrected chi connectivity index (χ4v) is 2.63. The van der Waals surface area contributed by atoms with Crippen LogP contribution in [0.2, 0.25) is 0 Å². The molecule has 4 N–H and O–H groups in total. The van der Waals surface area contributed by atoms with Crippen molar-refractivity contribution >= 4 is 11.6 Å². The van der Waals surface area contributed by atoms with Gasteiger partial charge in [0.1, 0.15) is 11.5 Å². The number of amides is 1. The first-order chi connectivity index (χ1) is 9.61. The van der Waals surface area contributed by atoms with Crippen LogP contribution in [0, 0.1) is 5.92 Å². The first-order valence-electron chi connectivity index (χ1n) is 7.05. The maximum atomic E-state index is 12.3. The van der Waals surface area contributed by atoms with E-state index in [9.17, 15) is 9.90 Å². The molecule has 110 valence electrons. The van der Waals surface area contributed by atoms with Crippen LogP contribution < -0.4 is 15.8 Å². The van der Waals surface area contributed by atoms with Crippen molar-refractivity contribution in [1.29, 1.82) is 0 Å². The number of carbonyl (C=O) groups excluding carboxylic acids is 1. The number of phenolic OH excluding ortho intramolecular Hbond substituents is 1. The van der Waals surface area contributed by atoms with Crippen LogP contribution in [0.15, 0.2) is 18.2 Å². The van der Waals surface area contributed by atoms with Gasteiger partial charge in [0.15, 0.2) is 0 Å². The Morgan fingerprint density at radius 3 is 2.80 bits per heavy atom. The van der Waals surface area contributed by atoms with Gasteiger partial charge in [-0.3, -0.25) is 4.79 Å². The van der Waals surface area contributed by atoms with Gasteiger partial charge in [-0.15, -0.1) is 0 Å². The molecule has 0 heterocycles. The third-order valence-corrected chi connectivity index (χ3v) is 3.87. The third-order valence-electron chi connectivity index (χ3n) is 3.87. The van der Waals surface area contributed by atoms with Gasteiger partial charge in [0.2, 0.25) is 5.91 Å². The Hall–Kier alpha value is -1.75. The second kappa shape index (κ2) is 6.61. The molecular weight excluding hydrogens is 256 g/mol. The van der Waals surface area contributed by atoms with E-state index in [1.165, 1.54) is 13.2 Å². The van der Waals surface area contributed by atoms with E-state index in [4.69, 9.17) is 10.5 Å². The lowest BCUT2D eigenvalue weighted by molar-refractivity contribution is -0.120. The van der Waals surface area contributed by atoms with Crippen molar-refractivity contribution < 1.29 is 14.6 Å². The summed E-state index contributed by atoms with van der Waals surface area (Å²) < 4.78 is 5.01. The molecule has 0 aliphatic heterocycles. The minimum absolute atomic E-state index is 0.0000987. The monoisotopic (exact) mass is 278 g/mol. The summed E-state index contributed by atoms with van der Waals surface area (Å²) >= 11 is 0. The summed E-state index contributed by atoms with van der Waals surface area (Å²) in [6.45, 7) is 0. The van der Waals surface area contributed by atoms with E-state index in [1.807, 2.05) is 0 Å². The van der Waals surface area contributed by atoms with Crippen molar-refractivity contribution in [2.24, 2.45) is 11.7 Å². The van der Waals surface area contributed by atoms with Crippen LogP contribution in [0.1, 0.15) is 32.1 Å². The van der Waals surface area contributed by atoms with Gasteiger partial charge >= 0.3 is 0 Å². The zero-order valence-electron chi connectivity index (χ0n) is 11.8. The summed E-state index contributed by atoms with van der Waals surface area (Å²) in [7, 11) is 1.53. The lowest BCUT2D eigenvalue weighted by Gasteiger charge is -2.20. The molecule has 0 aromatic heterocycles. The zero-order chi connectivity index (χ0) is 14.5. The van der Waals surface area contributed by atoms with Crippen LogP contribution in [0.4, 0.5) is 5.69 Å². The molecule has 1 aromatic rings. The Labute approximate surface area is 119 Å². The SMILES string of the molecule is COc1ccc(NC(=O)C2CCCCCC2N)c(O)c1. The molecule has 20 heavy (non-hydrogen) atoms. The van der Waals surface area contributed by atoms with Crippen LogP contribution in [-0.4, -0.2) is 24.2 Å². The van der Waals surface area contributed by atoms with Gasteiger partial charge < -0.3 is 20.9 Å². The second-order valence-electron chi connectivity index (χ2n) is 5.28. The minimum atomic E-state index is -0.181.